The number of nitrogens with one attached hydrogen (secondary N) is 2. The van der Waals surface area contributed by atoms with Crippen LogP contribution in [0.3, 0.4) is 0 Å². The molecule has 0 heterocycles. The third-order valence-electron chi connectivity index (χ3n) is 0.269. The molecule has 0 amide bonds. The smallest absolute Gasteiger partial charge is 0.0983 e. The topological polar surface area (TPSA) is 58.0 Å². The Balaban J connectivity index is 2.68. The van der Waals surface area contributed by atoms with Crippen LogP contribution in [-0.4, -0.2) is 14.2 Å². The van der Waals surface area contributed by atoms with Gasteiger partial charge in [-0.3, -0.25) is 4.84 Å². The predicted molar refractivity (Wildman–Crippen MR) is 21.5 cm³/mol. The molecule has 0 rings (SSSR count). The van der Waals surface area contributed by atoms with Crippen molar-refractivity contribution >= 4 is 0 Å². The van der Waals surface area contributed by atoms with E-state index >= 15 is 0 Å². The van der Waals surface area contributed by atoms with E-state index in [1.807, 2.05) is 5.64 Å². The fourth-order valence-corrected chi connectivity index (χ4v) is 0.100. The molecule has 0 radical (unpaired) electrons. The zero-order chi connectivity index (χ0) is 5.70. The third kappa shape index (κ3) is 5.80. The molecule has 0 spiro atoms. The molecule has 0 aliphatic heterocycles. The molecule has 0 aromatic heterocycles. The summed E-state index contributed by atoms with van der Waals surface area (Å²) in [6.07, 6.45) is 0. The minimum Gasteiger partial charge on any atom is -0.598 e. The minimum absolute atomic E-state index is 0.429. The molecule has 0 aliphatic carbocycles. The molecule has 5 heteroatoms. The number of quaternary nitrogens is 1. The van der Waals surface area contributed by atoms with Crippen molar-refractivity contribution in [3.8, 4) is 0 Å². The van der Waals surface area contributed by atoms with Crippen molar-refractivity contribution in [2.75, 3.05) is 14.2 Å². The number of hydrogen-bond acceptors (Lipinski definition) is 4. The zero-order valence-electron chi connectivity index (χ0n) is 4.22. The molecule has 0 bridgehead atoms. The molecule has 0 saturated heterocycles. The molecule has 0 aliphatic rings. The van der Waals surface area contributed by atoms with Crippen LogP contribution in [0.2, 0.25) is 0 Å². The monoisotopic (exact) mass is 108 g/mol. The summed E-state index contributed by atoms with van der Waals surface area (Å²) in [6.45, 7) is 0. The molecule has 0 fully saturated rings. The minimum atomic E-state index is -0.429. The molecule has 1 unspecified atom stereocenters. The number of rotatable bonds is 3. The van der Waals surface area contributed by atoms with Gasteiger partial charge < -0.3 is 5.21 Å². The molecule has 0 saturated carbocycles. The number of hydroxylamine groups is 2. The van der Waals surface area contributed by atoms with Crippen LogP contribution in [0.25, 0.3) is 0 Å². The second-order valence-electron chi connectivity index (χ2n) is 0.881. The average molecular weight is 108 g/mol. The van der Waals surface area contributed by atoms with Gasteiger partial charge >= 0.3 is 0 Å². The first-order valence-corrected chi connectivity index (χ1v) is 1.72. The van der Waals surface area contributed by atoms with E-state index in [0.717, 1.165) is 0 Å². The van der Waals surface area contributed by atoms with E-state index in [-0.39, 0.29) is 0 Å². The van der Waals surface area contributed by atoms with E-state index in [4.69, 9.17) is 0 Å². The zero-order valence-corrected chi connectivity index (χ0v) is 4.22. The van der Waals surface area contributed by atoms with Gasteiger partial charge in [-0.05, 0) is 5.64 Å². The van der Waals surface area contributed by atoms with Gasteiger partial charge in [0.05, 0.1) is 14.2 Å². The average Bonchev–Trinajstić information content (AvgIpc) is 1.61. The van der Waals surface area contributed by atoms with E-state index in [9.17, 15) is 5.21 Å². The summed E-state index contributed by atoms with van der Waals surface area (Å²) in [5.41, 5.74) is 1.90. The fourth-order valence-electron chi connectivity index (χ4n) is 0.100. The maximum Gasteiger partial charge on any atom is 0.0983 e. The first-order chi connectivity index (χ1) is 3.27. The van der Waals surface area contributed by atoms with Gasteiger partial charge in [0.1, 0.15) is 0 Å². The van der Waals surface area contributed by atoms with E-state index in [0.29, 0.717) is 0 Å². The Morgan fingerprint density at radius 1 is 1.71 bits per heavy atom. The lowest BCUT2D eigenvalue weighted by molar-refractivity contribution is -1.05. The van der Waals surface area contributed by atoms with Crippen LogP contribution in [0.1, 0.15) is 0 Å². The lowest BCUT2D eigenvalue weighted by Gasteiger charge is -2.10. The third-order valence-corrected chi connectivity index (χ3v) is 0.269. The van der Waals surface area contributed by atoms with E-state index in [1.54, 1.807) is 0 Å². The summed E-state index contributed by atoms with van der Waals surface area (Å²) >= 11 is 0. The Morgan fingerprint density at radius 2 is 2.29 bits per heavy atom. The van der Waals surface area contributed by atoms with Crippen LogP contribution in [0.5, 0.6) is 0 Å². The lowest BCUT2D eigenvalue weighted by atomic mass is 11.5. The second-order valence-corrected chi connectivity index (χ2v) is 0.881. The molecule has 7 heavy (non-hydrogen) atoms. The van der Waals surface area contributed by atoms with Crippen LogP contribution in [-0.2, 0) is 9.78 Å². The van der Waals surface area contributed by atoms with Gasteiger partial charge in [0.15, 0.2) is 0 Å². The highest BCUT2D eigenvalue weighted by molar-refractivity contribution is 3.81. The van der Waals surface area contributed by atoms with Gasteiger partial charge in [-0.2, -0.15) is 0 Å². The van der Waals surface area contributed by atoms with Crippen molar-refractivity contribution in [3.05, 3.63) is 5.21 Å². The molecule has 0 aromatic carbocycles. The van der Waals surface area contributed by atoms with Gasteiger partial charge in [0.2, 0.25) is 0 Å². The largest absolute Gasteiger partial charge is 0.598 e. The summed E-state index contributed by atoms with van der Waals surface area (Å²) < 4.78 is 0. The van der Waals surface area contributed by atoms with Crippen LogP contribution in [0.15, 0.2) is 0 Å². The van der Waals surface area contributed by atoms with Crippen LogP contribution >= 0.6 is 0 Å². The highest BCUT2D eigenvalue weighted by Gasteiger charge is 1.80. The van der Waals surface area contributed by atoms with Crippen molar-refractivity contribution in [3.63, 3.8) is 0 Å². The molecular formula is C2H8N2O3. The lowest BCUT2D eigenvalue weighted by Crippen LogP contribution is -3.04. The van der Waals surface area contributed by atoms with Crippen molar-refractivity contribution < 1.29 is 15.0 Å². The Morgan fingerprint density at radius 3 is 2.43 bits per heavy atom. The SMILES string of the molecule is CONO[NH+](C)[O-]. The molecule has 1 atom stereocenters. The highest BCUT2D eigenvalue weighted by Crippen LogP contribution is 1.43. The maximum absolute atomic E-state index is 9.84. The van der Waals surface area contributed by atoms with Crippen molar-refractivity contribution in [1.29, 1.82) is 0 Å². The normalized spacial score (nSPS) is 14.1. The summed E-state index contributed by atoms with van der Waals surface area (Å²) in [6, 6.07) is 0. The molecule has 2 N–H and O–H groups in total. The second kappa shape index (κ2) is 3.97. The Kier molecular flexibility index (Phi) is 3.86. The standard InChI is InChI=1S/C2H8N2O3/c1-4(5)7-3-6-2/h3-4H,1-2H3. The fraction of sp³-hybridized carbons (Fsp3) is 1.00. The van der Waals surface area contributed by atoms with Gasteiger partial charge in [-0.25, -0.2) is 5.23 Å². The Hall–Kier alpha value is -0.200. The molecule has 5 nitrogen and oxygen atoms in total. The number of hydrogen-bond donors (Lipinski definition) is 2. The van der Waals surface area contributed by atoms with Crippen LogP contribution in [0, 0.1) is 5.21 Å². The first-order valence-electron chi connectivity index (χ1n) is 1.72. The van der Waals surface area contributed by atoms with Crippen molar-refractivity contribution in [2.45, 2.75) is 0 Å². The molecule has 44 valence electrons. The molecular weight excluding hydrogens is 100 g/mol. The van der Waals surface area contributed by atoms with Gasteiger partial charge in [-0.15, -0.1) is 0 Å². The van der Waals surface area contributed by atoms with E-state index in [2.05, 4.69) is 9.78 Å². The Bertz CT molecular complexity index is 39.9. The van der Waals surface area contributed by atoms with E-state index in [1.165, 1.54) is 14.2 Å². The summed E-state index contributed by atoms with van der Waals surface area (Å²) in [7, 11) is 2.62. The quantitative estimate of drug-likeness (QED) is 0.410. The summed E-state index contributed by atoms with van der Waals surface area (Å²) in [5.74, 6) is 0. The molecule has 0 aromatic rings. The van der Waals surface area contributed by atoms with Gasteiger partial charge in [-0.1, -0.05) is 4.94 Å². The van der Waals surface area contributed by atoms with Crippen LogP contribution in [0.4, 0.5) is 0 Å². The Labute approximate surface area is 41.3 Å². The van der Waals surface area contributed by atoms with Crippen molar-refractivity contribution in [1.82, 2.24) is 5.64 Å². The van der Waals surface area contributed by atoms with E-state index < -0.39 is 5.23 Å². The summed E-state index contributed by atoms with van der Waals surface area (Å²) in [4.78, 5) is 8.24. The highest BCUT2D eigenvalue weighted by atomic mass is 17.1. The predicted octanol–water partition coefficient (Wildman–Crippen LogP) is -2.00. The first kappa shape index (κ1) is 6.80. The van der Waals surface area contributed by atoms with Gasteiger partial charge in [0, 0.05) is 0 Å². The van der Waals surface area contributed by atoms with Gasteiger partial charge in [0.25, 0.3) is 0 Å². The van der Waals surface area contributed by atoms with Crippen LogP contribution < -0.4 is 10.9 Å². The maximum atomic E-state index is 9.84. The van der Waals surface area contributed by atoms with Crippen molar-refractivity contribution in [2.24, 2.45) is 0 Å². The summed E-state index contributed by atoms with van der Waals surface area (Å²) in [5, 5.41) is 9.41.